The van der Waals surface area contributed by atoms with E-state index < -0.39 is 6.10 Å². The van der Waals surface area contributed by atoms with Crippen molar-refractivity contribution >= 4 is 21.6 Å². The Morgan fingerprint density at radius 1 is 1.52 bits per heavy atom. The number of aromatic nitrogens is 2. The largest absolute Gasteiger partial charge is 0.389 e. The van der Waals surface area contributed by atoms with Crippen molar-refractivity contribution in [2.75, 3.05) is 26.8 Å². The zero-order valence-corrected chi connectivity index (χ0v) is 16.0. The summed E-state index contributed by atoms with van der Waals surface area (Å²) in [5.41, 5.74) is 1.18. The number of hydrogen-bond acceptors (Lipinski definition) is 6. The van der Waals surface area contributed by atoms with E-state index in [1.54, 1.807) is 11.3 Å². The molecule has 0 bridgehead atoms. The van der Waals surface area contributed by atoms with E-state index in [4.69, 9.17) is 4.74 Å². The average Bonchev–Trinajstić information content (AvgIpc) is 2.90. The predicted molar refractivity (Wildman–Crippen MR) is 100 cm³/mol. The Bertz CT molecular complexity index is 786. The van der Waals surface area contributed by atoms with Crippen LogP contribution in [0.4, 0.5) is 0 Å². The molecule has 3 rings (SSSR count). The van der Waals surface area contributed by atoms with Crippen molar-refractivity contribution in [3.05, 3.63) is 26.6 Å². The SMILES string of the molecule is CCOC[C@@H](O)CN(C)Cc1nc2sc3c(c2c(=O)[nH]1)CC[C@H](C)C3. The van der Waals surface area contributed by atoms with Crippen molar-refractivity contribution in [3.63, 3.8) is 0 Å². The number of aliphatic hydroxyl groups is 1. The number of aromatic amines is 1. The molecule has 0 radical (unpaired) electrons. The summed E-state index contributed by atoms with van der Waals surface area (Å²) in [5.74, 6) is 1.33. The molecule has 6 nitrogen and oxygen atoms in total. The maximum atomic E-state index is 12.6. The van der Waals surface area contributed by atoms with Gasteiger partial charge < -0.3 is 14.8 Å². The first-order valence-corrected chi connectivity index (χ1v) is 9.77. The van der Waals surface area contributed by atoms with Crippen LogP contribution in [0.2, 0.25) is 0 Å². The molecule has 0 fully saturated rings. The maximum Gasteiger partial charge on any atom is 0.259 e. The first kappa shape index (κ1) is 18.5. The highest BCUT2D eigenvalue weighted by Gasteiger charge is 2.23. The monoisotopic (exact) mass is 365 g/mol. The van der Waals surface area contributed by atoms with Gasteiger partial charge in [-0.2, -0.15) is 0 Å². The topological polar surface area (TPSA) is 78.5 Å². The van der Waals surface area contributed by atoms with Gasteiger partial charge in [0.2, 0.25) is 0 Å². The van der Waals surface area contributed by atoms with Crippen LogP contribution in [0, 0.1) is 5.92 Å². The van der Waals surface area contributed by atoms with Crippen LogP contribution in [-0.4, -0.2) is 52.9 Å². The molecule has 2 aromatic rings. The van der Waals surface area contributed by atoms with Crippen LogP contribution in [0.25, 0.3) is 10.2 Å². The molecule has 138 valence electrons. The van der Waals surface area contributed by atoms with Gasteiger partial charge in [0.25, 0.3) is 5.56 Å². The fraction of sp³-hybridized carbons (Fsp3) is 0.667. The van der Waals surface area contributed by atoms with E-state index in [1.807, 2.05) is 18.9 Å². The lowest BCUT2D eigenvalue weighted by Gasteiger charge is -2.19. The summed E-state index contributed by atoms with van der Waals surface area (Å²) in [7, 11) is 1.90. The molecule has 2 atom stereocenters. The third kappa shape index (κ3) is 4.28. The molecule has 2 N–H and O–H groups in total. The number of rotatable bonds is 7. The normalized spacial score (nSPS) is 18.7. The van der Waals surface area contributed by atoms with E-state index in [0.29, 0.717) is 38.0 Å². The summed E-state index contributed by atoms with van der Waals surface area (Å²) in [6, 6.07) is 0. The number of fused-ring (bicyclic) bond motifs is 3. The van der Waals surface area contributed by atoms with Crippen LogP contribution in [0.3, 0.4) is 0 Å². The lowest BCUT2D eigenvalue weighted by atomic mass is 9.89. The number of aryl methyl sites for hydroxylation is 1. The zero-order chi connectivity index (χ0) is 18.0. The molecule has 0 aromatic carbocycles. The van der Waals surface area contributed by atoms with Crippen molar-refractivity contribution in [1.82, 2.24) is 14.9 Å². The minimum Gasteiger partial charge on any atom is -0.389 e. The molecule has 2 heterocycles. The van der Waals surface area contributed by atoms with Crippen LogP contribution < -0.4 is 5.56 Å². The quantitative estimate of drug-likeness (QED) is 0.784. The third-order valence-corrected chi connectivity index (χ3v) is 5.82. The molecule has 25 heavy (non-hydrogen) atoms. The van der Waals surface area contributed by atoms with Gasteiger partial charge in [0.15, 0.2) is 0 Å². The molecule has 7 heteroatoms. The Labute approximate surface area is 151 Å². The van der Waals surface area contributed by atoms with Crippen LogP contribution in [-0.2, 0) is 24.1 Å². The number of thiophene rings is 1. The molecule has 0 aliphatic heterocycles. The lowest BCUT2D eigenvalue weighted by molar-refractivity contribution is 0.0240. The summed E-state index contributed by atoms with van der Waals surface area (Å²) in [6.07, 6.45) is 2.62. The second kappa shape index (κ2) is 7.95. The van der Waals surface area contributed by atoms with E-state index >= 15 is 0 Å². The van der Waals surface area contributed by atoms with Gasteiger partial charge in [-0.05, 0) is 44.7 Å². The van der Waals surface area contributed by atoms with E-state index in [1.165, 1.54) is 10.4 Å². The van der Waals surface area contributed by atoms with E-state index in [0.717, 1.165) is 29.5 Å². The summed E-state index contributed by atoms with van der Waals surface area (Å²) in [6.45, 7) is 6.04. The number of aliphatic hydroxyl groups excluding tert-OH is 1. The molecular weight excluding hydrogens is 338 g/mol. The molecule has 0 saturated heterocycles. The molecular formula is C18H27N3O3S. The van der Waals surface area contributed by atoms with Gasteiger partial charge in [-0.3, -0.25) is 9.69 Å². The first-order valence-electron chi connectivity index (χ1n) is 8.95. The Hall–Kier alpha value is -1.28. The van der Waals surface area contributed by atoms with Gasteiger partial charge in [0.1, 0.15) is 10.7 Å². The average molecular weight is 365 g/mol. The minimum absolute atomic E-state index is 0.0321. The van der Waals surface area contributed by atoms with Gasteiger partial charge in [-0.25, -0.2) is 4.98 Å². The molecule has 0 unspecified atom stereocenters. The van der Waals surface area contributed by atoms with Gasteiger partial charge >= 0.3 is 0 Å². The van der Waals surface area contributed by atoms with Gasteiger partial charge in [-0.1, -0.05) is 6.92 Å². The number of hydrogen-bond donors (Lipinski definition) is 2. The Morgan fingerprint density at radius 3 is 3.08 bits per heavy atom. The summed E-state index contributed by atoms with van der Waals surface area (Å²) in [5, 5.41) is 10.7. The Balaban J connectivity index is 1.76. The molecule has 0 saturated carbocycles. The minimum atomic E-state index is -0.545. The molecule has 0 spiro atoms. The van der Waals surface area contributed by atoms with Gasteiger partial charge in [-0.15, -0.1) is 11.3 Å². The molecule has 0 amide bonds. The Morgan fingerprint density at radius 2 is 2.32 bits per heavy atom. The number of likely N-dealkylation sites (N-methyl/N-ethyl adjacent to an activating group) is 1. The predicted octanol–water partition coefficient (Wildman–Crippen LogP) is 1.94. The molecule has 2 aromatic heterocycles. The highest BCUT2D eigenvalue weighted by molar-refractivity contribution is 7.18. The van der Waals surface area contributed by atoms with Crippen molar-refractivity contribution in [3.8, 4) is 0 Å². The van der Waals surface area contributed by atoms with Gasteiger partial charge in [0.05, 0.1) is 24.6 Å². The summed E-state index contributed by atoms with van der Waals surface area (Å²) >= 11 is 1.66. The van der Waals surface area contributed by atoms with Crippen molar-refractivity contribution in [2.45, 2.75) is 45.8 Å². The van der Waals surface area contributed by atoms with Crippen LogP contribution >= 0.6 is 11.3 Å². The molecule has 1 aliphatic carbocycles. The second-order valence-corrected chi connectivity index (χ2v) is 8.14. The highest BCUT2D eigenvalue weighted by atomic mass is 32.1. The van der Waals surface area contributed by atoms with Crippen molar-refractivity contribution < 1.29 is 9.84 Å². The standard InChI is InChI=1S/C18H27N3O3S/c1-4-24-10-12(22)8-21(3)9-15-19-17(23)16-13-6-5-11(2)7-14(13)25-18(16)20-15/h11-12,22H,4-10H2,1-3H3,(H,19,20,23)/t11-,12-/m0/s1. The van der Waals surface area contributed by atoms with Crippen molar-refractivity contribution in [1.29, 1.82) is 0 Å². The van der Waals surface area contributed by atoms with E-state index in [-0.39, 0.29) is 5.56 Å². The maximum absolute atomic E-state index is 12.6. The number of nitrogens with zero attached hydrogens (tertiary/aromatic N) is 2. The van der Waals surface area contributed by atoms with Crippen molar-refractivity contribution in [2.24, 2.45) is 5.92 Å². The number of H-pyrrole nitrogens is 1. The summed E-state index contributed by atoms with van der Waals surface area (Å²) in [4.78, 5) is 24.3. The molecule has 1 aliphatic rings. The summed E-state index contributed by atoms with van der Waals surface area (Å²) < 4.78 is 5.23. The highest BCUT2D eigenvalue weighted by Crippen LogP contribution is 2.35. The first-order chi connectivity index (χ1) is 12.0. The Kier molecular flexibility index (Phi) is 5.89. The van der Waals surface area contributed by atoms with Crippen LogP contribution in [0.15, 0.2) is 4.79 Å². The fourth-order valence-corrected chi connectivity index (χ4v) is 4.86. The van der Waals surface area contributed by atoms with Gasteiger partial charge in [0, 0.05) is 18.0 Å². The number of nitrogens with one attached hydrogen (secondary N) is 1. The number of ether oxygens (including phenoxy) is 1. The van der Waals surface area contributed by atoms with Crippen LogP contribution in [0.1, 0.15) is 36.5 Å². The third-order valence-electron chi connectivity index (χ3n) is 4.67. The second-order valence-electron chi connectivity index (χ2n) is 7.05. The van der Waals surface area contributed by atoms with E-state index in [9.17, 15) is 9.90 Å². The lowest BCUT2D eigenvalue weighted by Crippen LogP contribution is -2.32. The smallest absolute Gasteiger partial charge is 0.259 e. The van der Waals surface area contributed by atoms with E-state index in [2.05, 4.69) is 16.9 Å². The van der Waals surface area contributed by atoms with Crippen LogP contribution in [0.5, 0.6) is 0 Å². The zero-order valence-electron chi connectivity index (χ0n) is 15.2. The fourth-order valence-electron chi connectivity index (χ4n) is 3.45.